The molecule has 0 aromatic heterocycles. The van der Waals surface area contributed by atoms with Gasteiger partial charge in [-0.15, -0.1) is 0 Å². The van der Waals surface area contributed by atoms with Crippen LogP contribution in [-0.4, -0.2) is 14.1 Å². The van der Waals surface area contributed by atoms with Crippen LogP contribution in [-0.2, 0) is 0 Å². The van der Waals surface area contributed by atoms with Crippen LogP contribution in [0, 0.1) is 0 Å². The zero-order valence-electron chi connectivity index (χ0n) is 12.2. The van der Waals surface area contributed by atoms with E-state index in [4.69, 9.17) is 11.6 Å². The van der Waals surface area contributed by atoms with Crippen molar-refractivity contribution in [3.05, 3.63) is 59.1 Å². The minimum atomic E-state index is 0.277. The van der Waals surface area contributed by atoms with Crippen molar-refractivity contribution in [2.24, 2.45) is 0 Å². The van der Waals surface area contributed by atoms with Crippen molar-refractivity contribution in [1.82, 2.24) is 0 Å². The fourth-order valence-electron chi connectivity index (χ4n) is 2.20. The summed E-state index contributed by atoms with van der Waals surface area (Å²) in [4.78, 5) is 2.10. The van der Waals surface area contributed by atoms with Crippen molar-refractivity contribution < 1.29 is 0 Å². The molecule has 106 valence electrons. The van der Waals surface area contributed by atoms with E-state index in [0.29, 0.717) is 0 Å². The van der Waals surface area contributed by atoms with Crippen LogP contribution in [0.2, 0.25) is 5.02 Å². The Morgan fingerprint density at radius 3 is 2.35 bits per heavy atom. The Hall–Kier alpha value is -1.67. The third kappa shape index (κ3) is 3.67. The molecule has 0 heterocycles. The lowest BCUT2D eigenvalue weighted by molar-refractivity contribution is 0.749. The minimum Gasteiger partial charge on any atom is -0.378 e. The van der Waals surface area contributed by atoms with Crippen molar-refractivity contribution in [2.75, 3.05) is 24.3 Å². The lowest BCUT2D eigenvalue weighted by atomic mass is 10.0. The first-order valence-electron chi connectivity index (χ1n) is 6.89. The van der Waals surface area contributed by atoms with Gasteiger partial charge in [-0.3, -0.25) is 0 Å². The number of benzene rings is 2. The minimum absolute atomic E-state index is 0.277. The van der Waals surface area contributed by atoms with Crippen molar-refractivity contribution in [1.29, 1.82) is 0 Å². The first-order chi connectivity index (χ1) is 9.60. The maximum absolute atomic E-state index is 6.07. The summed E-state index contributed by atoms with van der Waals surface area (Å²) in [5, 5.41) is 4.34. The van der Waals surface area contributed by atoms with E-state index in [0.717, 1.165) is 17.1 Å². The van der Waals surface area contributed by atoms with Gasteiger partial charge in [-0.25, -0.2) is 0 Å². The fraction of sp³-hybridized carbons (Fsp3) is 0.294. The van der Waals surface area contributed by atoms with Crippen molar-refractivity contribution in [3.8, 4) is 0 Å². The Morgan fingerprint density at radius 1 is 1.10 bits per heavy atom. The molecule has 0 fully saturated rings. The fourth-order valence-corrected chi connectivity index (χ4v) is 2.40. The zero-order chi connectivity index (χ0) is 14.5. The van der Waals surface area contributed by atoms with Crippen molar-refractivity contribution >= 4 is 23.0 Å². The molecule has 1 N–H and O–H groups in total. The van der Waals surface area contributed by atoms with Crippen LogP contribution in [0.15, 0.2) is 48.5 Å². The number of anilines is 2. The van der Waals surface area contributed by atoms with Crippen LogP contribution < -0.4 is 10.2 Å². The molecule has 0 amide bonds. The maximum Gasteiger partial charge on any atom is 0.0511 e. The molecule has 0 saturated heterocycles. The molecule has 0 saturated carbocycles. The van der Waals surface area contributed by atoms with Gasteiger partial charge in [-0.1, -0.05) is 30.7 Å². The Kier molecular flexibility index (Phi) is 4.91. The summed E-state index contributed by atoms with van der Waals surface area (Å²) >= 11 is 6.07. The third-order valence-corrected chi connectivity index (χ3v) is 3.62. The largest absolute Gasteiger partial charge is 0.378 e. The lowest BCUT2D eigenvalue weighted by Crippen LogP contribution is -2.11. The number of nitrogens with one attached hydrogen (secondary N) is 1. The molecule has 0 aliphatic rings. The van der Waals surface area contributed by atoms with Gasteiger partial charge in [0.1, 0.15) is 0 Å². The number of nitrogens with zero attached hydrogens (tertiary/aromatic N) is 1. The summed E-state index contributed by atoms with van der Waals surface area (Å²) in [6.45, 7) is 2.17. The summed E-state index contributed by atoms with van der Waals surface area (Å²) < 4.78 is 0. The van der Waals surface area contributed by atoms with Gasteiger partial charge >= 0.3 is 0 Å². The first-order valence-corrected chi connectivity index (χ1v) is 7.27. The van der Waals surface area contributed by atoms with Crippen molar-refractivity contribution in [2.45, 2.75) is 19.4 Å². The van der Waals surface area contributed by atoms with E-state index < -0.39 is 0 Å². The van der Waals surface area contributed by atoms with Crippen LogP contribution >= 0.6 is 11.6 Å². The molecule has 2 aromatic rings. The van der Waals surface area contributed by atoms with E-state index in [1.54, 1.807) is 0 Å². The van der Waals surface area contributed by atoms with Crippen molar-refractivity contribution in [3.63, 3.8) is 0 Å². The highest BCUT2D eigenvalue weighted by molar-refractivity contribution is 6.30. The number of hydrogen-bond acceptors (Lipinski definition) is 2. The number of hydrogen-bond donors (Lipinski definition) is 1. The molecule has 1 unspecified atom stereocenters. The van der Waals surface area contributed by atoms with Crippen LogP contribution in [0.25, 0.3) is 0 Å². The van der Waals surface area contributed by atoms with Gasteiger partial charge < -0.3 is 10.2 Å². The summed E-state index contributed by atoms with van der Waals surface area (Å²) in [6, 6.07) is 16.8. The SMILES string of the molecule is CCC(Nc1ccc(N(C)C)cc1)c1cccc(Cl)c1. The van der Waals surface area contributed by atoms with E-state index in [2.05, 4.69) is 47.5 Å². The summed E-state index contributed by atoms with van der Waals surface area (Å²) in [5.74, 6) is 0. The molecule has 1 atom stereocenters. The molecule has 2 rings (SSSR count). The smallest absolute Gasteiger partial charge is 0.0511 e. The molecule has 2 nitrogen and oxygen atoms in total. The maximum atomic E-state index is 6.07. The highest BCUT2D eigenvalue weighted by Crippen LogP contribution is 2.25. The standard InChI is InChI=1S/C17H21ClN2/c1-4-17(13-6-5-7-14(18)12-13)19-15-8-10-16(11-9-15)20(2)3/h5-12,17,19H,4H2,1-3H3. The molecule has 2 aromatic carbocycles. The molecular formula is C17H21ClN2. The molecule has 0 aliphatic carbocycles. The van der Waals surface area contributed by atoms with Crippen LogP contribution in [0.5, 0.6) is 0 Å². The molecule has 20 heavy (non-hydrogen) atoms. The molecular weight excluding hydrogens is 268 g/mol. The van der Waals surface area contributed by atoms with Gasteiger partial charge in [0.25, 0.3) is 0 Å². The molecule has 0 aliphatic heterocycles. The Morgan fingerprint density at radius 2 is 1.80 bits per heavy atom. The monoisotopic (exact) mass is 288 g/mol. The molecule has 0 spiro atoms. The topological polar surface area (TPSA) is 15.3 Å². The number of halogens is 1. The van der Waals surface area contributed by atoms with Gasteiger partial charge in [-0.05, 0) is 48.4 Å². The quantitative estimate of drug-likeness (QED) is 0.836. The second kappa shape index (κ2) is 6.67. The average Bonchev–Trinajstić information content (AvgIpc) is 2.45. The van der Waals surface area contributed by atoms with Gasteiger partial charge in [-0.2, -0.15) is 0 Å². The Balaban J connectivity index is 2.14. The Labute approximate surface area is 126 Å². The highest BCUT2D eigenvalue weighted by atomic mass is 35.5. The third-order valence-electron chi connectivity index (χ3n) is 3.38. The average molecular weight is 289 g/mol. The lowest BCUT2D eigenvalue weighted by Gasteiger charge is -2.20. The predicted molar refractivity (Wildman–Crippen MR) is 88.9 cm³/mol. The van der Waals surface area contributed by atoms with Gasteiger partial charge in [0.05, 0.1) is 6.04 Å². The zero-order valence-corrected chi connectivity index (χ0v) is 13.0. The normalized spacial score (nSPS) is 12.0. The second-order valence-corrected chi connectivity index (χ2v) is 5.54. The summed E-state index contributed by atoms with van der Waals surface area (Å²) in [6.07, 6.45) is 1.01. The molecule has 0 bridgehead atoms. The molecule has 3 heteroatoms. The van der Waals surface area contributed by atoms with Crippen LogP contribution in [0.3, 0.4) is 0 Å². The van der Waals surface area contributed by atoms with Gasteiger partial charge in [0, 0.05) is 30.5 Å². The van der Waals surface area contributed by atoms with Crippen LogP contribution in [0.4, 0.5) is 11.4 Å². The number of rotatable bonds is 5. The van der Waals surface area contributed by atoms with E-state index in [-0.39, 0.29) is 6.04 Å². The highest BCUT2D eigenvalue weighted by Gasteiger charge is 2.09. The van der Waals surface area contributed by atoms with E-state index in [1.807, 2.05) is 32.3 Å². The van der Waals surface area contributed by atoms with E-state index in [1.165, 1.54) is 11.3 Å². The van der Waals surface area contributed by atoms with E-state index in [9.17, 15) is 0 Å². The molecule has 0 radical (unpaired) electrons. The predicted octanol–water partition coefficient (Wildman–Crippen LogP) is 4.97. The Bertz CT molecular complexity index is 549. The van der Waals surface area contributed by atoms with Gasteiger partial charge in [0.15, 0.2) is 0 Å². The summed E-state index contributed by atoms with van der Waals surface area (Å²) in [5.41, 5.74) is 3.55. The van der Waals surface area contributed by atoms with E-state index >= 15 is 0 Å². The van der Waals surface area contributed by atoms with Gasteiger partial charge in [0.2, 0.25) is 0 Å². The first kappa shape index (κ1) is 14.7. The summed E-state index contributed by atoms with van der Waals surface area (Å²) in [7, 11) is 4.09. The van der Waals surface area contributed by atoms with Crippen LogP contribution in [0.1, 0.15) is 24.9 Å². The second-order valence-electron chi connectivity index (χ2n) is 5.10.